The van der Waals surface area contributed by atoms with Gasteiger partial charge in [0.1, 0.15) is 0 Å². The van der Waals surface area contributed by atoms with Crippen molar-refractivity contribution in [2.75, 3.05) is 0 Å². The van der Waals surface area contributed by atoms with Crippen LogP contribution in [0.15, 0.2) is 24.3 Å². The molecule has 1 fully saturated rings. The summed E-state index contributed by atoms with van der Waals surface area (Å²) in [6.45, 7) is 3.76. The molecule has 2 aliphatic rings. The normalized spacial score (nSPS) is 37.6. The number of hydrogen-bond acceptors (Lipinski definition) is 2. The Morgan fingerprint density at radius 3 is 2.43 bits per heavy atom. The zero-order valence-electron chi connectivity index (χ0n) is 12.3. The summed E-state index contributed by atoms with van der Waals surface area (Å²) in [7, 11) is 0. The van der Waals surface area contributed by atoms with Crippen LogP contribution in [0.5, 0.6) is 0 Å². The van der Waals surface area contributed by atoms with E-state index in [4.69, 9.17) is 0 Å². The highest BCUT2D eigenvalue weighted by molar-refractivity contribution is 5.83. The van der Waals surface area contributed by atoms with Crippen molar-refractivity contribution in [1.29, 1.82) is 0 Å². The van der Waals surface area contributed by atoms with Crippen molar-refractivity contribution in [3.05, 3.63) is 35.4 Å². The van der Waals surface area contributed by atoms with Crippen LogP contribution in [0, 0.1) is 11.3 Å². The van der Waals surface area contributed by atoms with E-state index in [0.29, 0.717) is 6.42 Å². The van der Waals surface area contributed by atoms with Gasteiger partial charge in [0.25, 0.3) is 0 Å². The lowest BCUT2D eigenvalue weighted by atomic mass is 9.54. The summed E-state index contributed by atoms with van der Waals surface area (Å²) in [5, 5.41) is 19.5. The van der Waals surface area contributed by atoms with E-state index in [1.165, 1.54) is 0 Å². The highest BCUT2D eigenvalue weighted by atomic mass is 16.4. The highest BCUT2D eigenvalue weighted by Gasteiger charge is 2.62. The van der Waals surface area contributed by atoms with Gasteiger partial charge in [-0.25, -0.2) is 0 Å². The number of carbonyl (C=O) groups is 2. The lowest BCUT2D eigenvalue weighted by Crippen LogP contribution is -2.50. The monoisotopic (exact) mass is 288 g/mol. The van der Waals surface area contributed by atoms with Crippen LogP contribution in [0.1, 0.15) is 50.2 Å². The zero-order valence-corrected chi connectivity index (χ0v) is 12.3. The Morgan fingerprint density at radius 1 is 1.14 bits per heavy atom. The summed E-state index contributed by atoms with van der Waals surface area (Å²) in [5.74, 6) is -2.92. The lowest BCUT2D eigenvalue weighted by molar-refractivity contribution is -0.160. The summed E-state index contributed by atoms with van der Waals surface area (Å²) in [6.07, 6.45) is 2.21. The van der Waals surface area contributed by atoms with E-state index in [1.54, 1.807) is 6.92 Å². The predicted octanol–water partition coefficient (Wildman–Crippen LogP) is 3.02. The molecule has 0 amide bonds. The fourth-order valence-electron chi connectivity index (χ4n) is 4.86. The van der Waals surface area contributed by atoms with Gasteiger partial charge in [0, 0.05) is 5.92 Å². The molecule has 4 nitrogen and oxygen atoms in total. The molecule has 0 bridgehead atoms. The van der Waals surface area contributed by atoms with Crippen LogP contribution < -0.4 is 0 Å². The molecular formula is C17H20O4. The molecule has 0 saturated heterocycles. The number of carboxylic acids is 2. The maximum Gasteiger partial charge on any atom is 0.311 e. The molecular weight excluding hydrogens is 268 g/mol. The molecule has 0 radical (unpaired) electrons. The quantitative estimate of drug-likeness (QED) is 0.877. The van der Waals surface area contributed by atoms with E-state index in [2.05, 4.69) is 0 Å². The first kappa shape index (κ1) is 14.1. The molecule has 1 aromatic carbocycles. The Bertz CT molecular complexity index is 623. The summed E-state index contributed by atoms with van der Waals surface area (Å²) in [5.41, 5.74) is 0.460. The SMILES string of the molecule is C[C@@]1(C(=O)O)CCC[C@@]2(C)c3ccccc3[C@H](C(=O)O)[C@@H]12. The second kappa shape index (κ2) is 4.33. The van der Waals surface area contributed by atoms with Crippen molar-refractivity contribution in [2.24, 2.45) is 11.3 Å². The molecule has 2 aliphatic carbocycles. The molecule has 3 rings (SSSR count). The fourth-order valence-corrected chi connectivity index (χ4v) is 4.86. The number of benzene rings is 1. The van der Waals surface area contributed by atoms with E-state index in [9.17, 15) is 19.8 Å². The smallest absolute Gasteiger partial charge is 0.311 e. The van der Waals surface area contributed by atoms with Crippen LogP contribution in [0.25, 0.3) is 0 Å². The molecule has 21 heavy (non-hydrogen) atoms. The van der Waals surface area contributed by atoms with E-state index in [1.807, 2.05) is 31.2 Å². The molecule has 1 saturated carbocycles. The van der Waals surface area contributed by atoms with Crippen molar-refractivity contribution in [2.45, 2.75) is 44.4 Å². The summed E-state index contributed by atoms with van der Waals surface area (Å²) >= 11 is 0. The van der Waals surface area contributed by atoms with Crippen LogP contribution in [-0.2, 0) is 15.0 Å². The van der Waals surface area contributed by atoms with Crippen LogP contribution >= 0.6 is 0 Å². The van der Waals surface area contributed by atoms with E-state index >= 15 is 0 Å². The maximum atomic E-state index is 11.9. The van der Waals surface area contributed by atoms with Crippen molar-refractivity contribution in [3.8, 4) is 0 Å². The van der Waals surface area contributed by atoms with Crippen LogP contribution in [0.4, 0.5) is 0 Å². The van der Waals surface area contributed by atoms with E-state index < -0.39 is 29.2 Å². The molecule has 4 heteroatoms. The van der Waals surface area contributed by atoms with E-state index in [-0.39, 0.29) is 5.41 Å². The third-order valence-corrected chi connectivity index (χ3v) is 5.76. The minimum absolute atomic E-state index is 0.370. The number of fused-ring (bicyclic) bond motifs is 3. The van der Waals surface area contributed by atoms with Gasteiger partial charge in [0.2, 0.25) is 0 Å². The maximum absolute atomic E-state index is 11.9. The van der Waals surface area contributed by atoms with Gasteiger partial charge in [-0.05, 0) is 36.3 Å². The van der Waals surface area contributed by atoms with Gasteiger partial charge in [0.05, 0.1) is 11.3 Å². The van der Waals surface area contributed by atoms with Gasteiger partial charge >= 0.3 is 11.9 Å². The third kappa shape index (κ3) is 1.68. The largest absolute Gasteiger partial charge is 0.481 e. The minimum atomic E-state index is -0.991. The van der Waals surface area contributed by atoms with E-state index in [0.717, 1.165) is 24.0 Å². The molecule has 0 aliphatic heterocycles. The first-order valence-electron chi connectivity index (χ1n) is 7.38. The minimum Gasteiger partial charge on any atom is -0.481 e. The van der Waals surface area contributed by atoms with Gasteiger partial charge in [-0.3, -0.25) is 9.59 Å². The van der Waals surface area contributed by atoms with Gasteiger partial charge in [-0.1, -0.05) is 37.6 Å². The van der Waals surface area contributed by atoms with Gasteiger partial charge in [-0.2, -0.15) is 0 Å². The van der Waals surface area contributed by atoms with Crippen molar-refractivity contribution >= 4 is 11.9 Å². The summed E-state index contributed by atoms with van der Waals surface area (Å²) in [6, 6.07) is 7.57. The van der Waals surface area contributed by atoms with Crippen LogP contribution in [0.3, 0.4) is 0 Å². The Kier molecular flexibility index (Phi) is 2.91. The molecule has 0 unspecified atom stereocenters. The molecule has 2 N–H and O–H groups in total. The fraction of sp³-hybridized carbons (Fsp3) is 0.529. The van der Waals surface area contributed by atoms with Crippen molar-refractivity contribution in [1.82, 2.24) is 0 Å². The van der Waals surface area contributed by atoms with Gasteiger partial charge in [-0.15, -0.1) is 0 Å². The first-order chi connectivity index (χ1) is 9.82. The second-order valence-electron chi connectivity index (χ2n) is 6.87. The number of rotatable bonds is 2. The van der Waals surface area contributed by atoms with Crippen molar-refractivity contribution in [3.63, 3.8) is 0 Å². The Labute approximate surface area is 123 Å². The van der Waals surface area contributed by atoms with Crippen LogP contribution in [0.2, 0.25) is 0 Å². The third-order valence-electron chi connectivity index (χ3n) is 5.76. The standard InChI is InChI=1S/C17H20O4/c1-16-8-5-9-17(2,15(20)21)13(16)12(14(18)19)10-6-3-4-7-11(10)16/h3-4,6-7,12-13H,5,8-9H2,1-2H3,(H,18,19)(H,20,21)/t12-,13+,16-,17+/m0/s1. The Hall–Kier alpha value is -1.84. The predicted molar refractivity (Wildman–Crippen MR) is 77.3 cm³/mol. The summed E-state index contributed by atoms with van der Waals surface area (Å²) in [4.78, 5) is 23.8. The second-order valence-corrected chi connectivity index (χ2v) is 6.87. The molecule has 0 spiro atoms. The summed E-state index contributed by atoms with van der Waals surface area (Å²) < 4.78 is 0. The first-order valence-corrected chi connectivity index (χ1v) is 7.38. The average molecular weight is 288 g/mol. The topological polar surface area (TPSA) is 74.6 Å². The number of aliphatic carboxylic acids is 2. The average Bonchev–Trinajstić information content (AvgIpc) is 2.70. The molecule has 4 atom stereocenters. The van der Waals surface area contributed by atoms with Gasteiger partial charge < -0.3 is 10.2 Å². The zero-order chi connectivity index (χ0) is 15.4. The van der Waals surface area contributed by atoms with Crippen molar-refractivity contribution < 1.29 is 19.8 Å². The highest BCUT2D eigenvalue weighted by Crippen LogP contribution is 2.63. The lowest BCUT2D eigenvalue weighted by Gasteiger charge is -2.48. The molecule has 0 heterocycles. The molecule has 1 aromatic rings. The number of carboxylic acid groups (broad SMARTS) is 2. The Balaban J connectivity index is 2.26. The van der Waals surface area contributed by atoms with Crippen LogP contribution in [-0.4, -0.2) is 22.2 Å². The molecule has 0 aromatic heterocycles. The Morgan fingerprint density at radius 2 is 1.81 bits per heavy atom. The number of hydrogen-bond donors (Lipinski definition) is 2. The van der Waals surface area contributed by atoms with Gasteiger partial charge in [0.15, 0.2) is 0 Å². The molecule has 112 valence electrons.